The Labute approximate surface area is 136 Å². The second-order valence-electron chi connectivity index (χ2n) is 5.82. The molecule has 2 aromatic carbocycles. The summed E-state index contributed by atoms with van der Waals surface area (Å²) in [6.45, 7) is 0. The van der Waals surface area contributed by atoms with Crippen molar-refractivity contribution in [3.8, 4) is 0 Å². The van der Waals surface area contributed by atoms with Crippen LogP contribution in [0.25, 0.3) is 11.8 Å². The van der Waals surface area contributed by atoms with Crippen LogP contribution in [0.1, 0.15) is 24.0 Å². The molecule has 1 nitrogen and oxygen atoms in total. The lowest BCUT2D eigenvalue weighted by Crippen LogP contribution is -1.75. The highest BCUT2D eigenvalue weighted by Gasteiger charge is 2.28. The van der Waals surface area contributed by atoms with Gasteiger partial charge in [0.25, 0.3) is 0 Å². The fraction of sp³-hybridized carbons (Fsp3) is 0.0909. The molecule has 112 valence electrons. The molecule has 0 aromatic heterocycles. The van der Waals surface area contributed by atoms with Gasteiger partial charge in [0.05, 0.1) is 0 Å². The van der Waals surface area contributed by atoms with Crippen molar-refractivity contribution in [1.82, 2.24) is 0 Å². The first-order valence-corrected chi connectivity index (χ1v) is 8.01. The Kier molecular flexibility index (Phi) is 3.69. The zero-order valence-electron chi connectivity index (χ0n) is 12.9. The monoisotopic (exact) mass is 298 g/mol. The van der Waals surface area contributed by atoms with Crippen molar-refractivity contribution in [3.63, 3.8) is 0 Å². The maximum Gasteiger partial charge on any atom is 0.178 e. The van der Waals surface area contributed by atoms with Gasteiger partial charge in [0.15, 0.2) is 11.5 Å². The molecule has 23 heavy (non-hydrogen) atoms. The van der Waals surface area contributed by atoms with Gasteiger partial charge >= 0.3 is 0 Å². The predicted molar refractivity (Wildman–Crippen MR) is 95.3 cm³/mol. The summed E-state index contributed by atoms with van der Waals surface area (Å²) in [4.78, 5) is 0. The summed E-state index contributed by atoms with van der Waals surface area (Å²) in [5, 5.41) is 0. The fourth-order valence-electron chi connectivity index (χ4n) is 2.45. The first-order chi connectivity index (χ1) is 11.4. The largest absolute Gasteiger partial charge is 0.448 e. The number of ether oxygens (including phenoxy) is 1. The molecule has 0 saturated heterocycles. The lowest BCUT2D eigenvalue weighted by atomic mass is 10.1. The number of hydrogen-bond acceptors (Lipinski definition) is 1. The normalized spacial score (nSPS) is 16.5. The summed E-state index contributed by atoms with van der Waals surface area (Å²) in [7, 11) is 0. The van der Waals surface area contributed by atoms with Crippen LogP contribution in [-0.4, -0.2) is 0 Å². The molecule has 0 unspecified atom stereocenters. The van der Waals surface area contributed by atoms with Crippen LogP contribution in [0.3, 0.4) is 0 Å². The Hall–Kier alpha value is -2.80. The standard InChI is InChI=1S/C22H18O/c1-3-7-17(8-4-1)13-15-20(16-14-18-11-12-18)22-21(23-22)19-9-5-2-6-10-19/h1-10,13-16H,11-12H2. The minimum atomic E-state index is 0.987. The number of hydrogen-bond donors (Lipinski definition) is 0. The molecule has 0 radical (unpaired) electrons. The minimum Gasteiger partial charge on any atom is -0.448 e. The van der Waals surface area contributed by atoms with Crippen LogP contribution >= 0.6 is 0 Å². The van der Waals surface area contributed by atoms with E-state index in [-0.39, 0.29) is 0 Å². The van der Waals surface area contributed by atoms with Crippen LogP contribution in [0.5, 0.6) is 0 Å². The average molecular weight is 298 g/mol. The zero-order chi connectivity index (χ0) is 15.5. The second kappa shape index (κ2) is 6.13. The van der Waals surface area contributed by atoms with E-state index in [0.29, 0.717) is 0 Å². The molecule has 1 heterocycles. The fourth-order valence-corrected chi connectivity index (χ4v) is 2.45. The molecule has 2 aliphatic rings. The highest BCUT2D eigenvalue weighted by Crippen LogP contribution is 2.41. The minimum absolute atomic E-state index is 0.987. The van der Waals surface area contributed by atoms with Crippen molar-refractivity contribution in [2.45, 2.75) is 12.8 Å². The van der Waals surface area contributed by atoms with Gasteiger partial charge in [-0.3, -0.25) is 0 Å². The van der Waals surface area contributed by atoms with E-state index in [2.05, 4.69) is 60.7 Å². The third-order valence-corrected chi connectivity index (χ3v) is 3.96. The van der Waals surface area contributed by atoms with E-state index in [1.54, 1.807) is 0 Å². The van der Waals surface area contributed by atoms with E-state index >= 15 is 0 Å². The predicted octanol–water partition coefficient (Wildman–Crippen LogP) is 5.75. The Bertz CT molecular complexity index is 815. The van der Waals surface area contributed by atoms with E-state index in [9.17, 15) is 0 Å². The van der Waals surface area contributed by atoms with Gasteiger partial charge in [0, 0.05) is 11.1 Å². The van der Waals surface area contributed by atoms with E-state index < -0.39 is 0 Å². The van der Waals surface area contributed by atoms with Crippen LogP contribution < -0.4 is 0 Å². The topological polar surface area (TPSA) is 12.5 Å². The molecule has 1 saturated carbocycles. The number of rotatable bonds is 5. The molecule has 1 aliphatic heterocycles. The quantitative estimate of drug-likeness (QED) is 0.641. The summed E-state index contributed by atoms with van der Waals surface area (Å²) in [6, 6.07) is 20.6. The summed E-state index contributed by atoms with van der Waals surface area (Å²) < 4.78 is 5.79. The van der Waals surface area contributed by atoms with Gasteiger partial charge in [-0.1, -0.05) is 90.5 Å². The maximum absolute atomic E-state index is 5.79. The summed E-state index contributed by atoms with van der Waals surface area (Å²) in [5.41, 5.74) is 4.98. The number of allylic oxidation sites excluding steroid dienone is 4. The Balaban J connectivity index is 1.62. The summed E-state index contributed by atoms with van der Waals surface area (Å²) in [6.07, 6.45) is 11.1. The molecular formula is C22H18O. The molecule has 4 rings (SSSR count). The summed E-state index contributed by atoms with van der Waals surface area (Å²) in [5.74, 6) is 1.98. The molecule has 1 heteroatoms. The van der Waals surface area contributed by atoms with Crippen molar-refractivity contribution in [2.24, 2.45) is 0 Å². The van der Waals surface area contributed by atoms with Gasteiger partial charge in [-0.25, -0.2) is 0 Å². The molecule has 1 aliphatic carbocycles. The first kappa shape index (κ1) is 13.8. The van der Waals surface area contributed by atoms with E-state index in [0.717, 1.165) is 22.7 Å². The first-order valence-electron chi connectivity index (χ1n) is 8.01. The van der Waals surface area contributed by atoms with E-state index in [4.69, 9.17) is 4.74 Å². The van der Waals surface area contributed by atoms with Crippen molar-refractivity contribution >= 4 is 11.8 Å². The second-order valence-corrected chi connectivity index (χ2v) is 5.82. The molecule has 1 fully saturated rings. The third kappa shape index (κ3) is 3.51. The van der Waals surface area contributed by atoms with Gasteiger partial charge in [-0.2, -0.15) is 0 Å². The molecule has 0 atom stereocenters. The lowest BCUT2D eigenvalue weighted by Gasteiger charge is -1.93. The zero-order valence-corrected chi connectivity index (χ0v) is 12.9. The van der Waals surface area contributed by atoms with Gasteiger partial charge in [-0.05, 0) is 18.4 Å². The Morgan fingerprint density at radius 1 is 0.870 bits per heavy atom. The van der Waals surface area contributed by atoms with Crippen LogP contribution in [-0.2, 0) is 4.74 Å². The molecule has 0 amide bonds. The molecular weight excluding hydrogens is 280 g/mol. The van der Waals surface area contributed by atoms with Crippen molar-refractivity contribution in [2.75, 3.05) is 0 Å². The number of benzene rings is 2. The smallest absolute Gasteiger partial charge is 0.178 e. The Morgan fingerprint density at radius 2 is 1.57 bits per heavy atom. The third-order valence-electron chi connectivity index (χ3n) is 3.96. The van der Waals surface area contributed by atoms with Gasteiger partial charge in [0.2, 0.25) is 0 Å². The average Bonchev–Trinajstić information content (AvgIpc) is 3.51. The van der Waals surface area contributed by atoms with E-state index in [1.165, 1.54) is 24.0 Å². The van der Waals surface area contributed by atoms with Crippen LogP contribution in [0.4, 0.5) is 0 Å². The van der Waals surface area contributed by atoms with Gasteiger partial charge in [-0.15, -0.1) is 0 Å². The van der Waals surface area contributed by atoms with Crippen LogP contribution in [0.2, 0.25) is 0 Å². The van der Waals surface area contributed by atoms with Crippen LogP contribution in [0.15, 0.2) is 95.8 Å². The van der Waals surface area contributed by atoms with Gasteiger partial charge < -0.3 is 4.74 Å². The summed E-state index contributed by atoms with van der Waals surface area (Å²) >= 11 is 0. The molecule has 0 N–H and O–H groups in total. The highest BCUT2D eigenvalue weighted by atomic mass is 16.6. The van der Waals surface area contributed by atoms with Crippen molar-refractivity contribution in [3.05, 3.63) is 107 Å². The Morgan fingerprint density at radius 3 is 2.26 bits per heavy atom. The van der Waals surface area contributed by atoms with Crippen molar-refractivity contribution in [1.29, 1.82) is 0 Å². The molecule has 2 aromatic rings. The lowest BCUT2D eigenvalue weighted by molar-refractivity contribution is 0.531. The SMILES string of the molecule is C(=Cc1ccccc1)C(=CC=C1CC1)C1=C(c2ccccc2)O1. The highest BCUT2D eigenvalue weighted by molar-refractivity contribution is 5.78. The van der Waals surface area contributed by atoms with Crippen molar-refractivity contribution < 1.29 is 4.74 Å². The maximum atomic E-state index is 5.79. The molecule has 0 bridgehead atoms. The molecule has 0 spiro atoms. The van der Waals surface area contributed by atoms with E-state index in [1.807, 2.05) is 24.3 Å². The van der Waals surface area contributed by atoms with Crippen LogP contribution in [0, 0.1) is 0 Å². The van der Waals surface area contributed by atoms with Gasteiger partial charge in [0.1, 0.15) is 0 Å².